The highest BCUT2D eigenvalue weighted by Gasteiger charge is 2.21. The van der Waals surface area contributed by atoms with Gasteiger partial charge in [-0.2, -0.15) is 5.10 Å². The molecule has 0 amide bonds. The SMILES string of the molecule is COc1c(C)cc(C)c(OC)c1-c1cnn(-c2cccc(Oc3ccc4c5ccccc5n(-c5cc(C(C)(C)C)ccn5)c4c3)c2)c1. The van der Waals surface area contributed by atoms with Crippen LogP contribution in [0.3, 0.4) is 0 Å². The first kappa shape index (κ1) is 30.1. The van der Waals surface area contributed by atoms with Crippen molar-refractivity contribution in [2.75, 3.05) is 14.2 Å². The minimum Gasteiger partial charge on any atom is -0.496 e. The molecule has 0 saturated heterocycles. The molecule has 3 aromatic heterocycles. The zero-order valence-corrected chi connectivity index (χ0v) is 27.8. The van der Waals surface area contributed by atoms with Crippen LogP contribution >= 0.6 is 0 Å². The van der Waals surface area contributed by atoms with Crippen LogP contribution < -0.4 is 14.2 Å². The second kappa shape index (κ2) is 11.7. The van der Waals surface area contributed by atoms with E-state index in [2.05, 4.69) is 79.9 Å². The van der Waals surface area contributed by atoms with Crippen LogP contribution in [0.2, 0.25) is 0 Å². The van der Waals surface area contributed by atoms with E-state index in [1.807, 2.05) is 67.5 Å². The van der Waals surface area contributed by atoms with Crippen LogP contribution in [0.15, 0.2) is 104 Å². The number of hydrogen-bond donors (Lipinski definition) is 0. The van der Waals surface area contributed by atoms with Gasteiger partial charge in [0.15, 0.2) is 0 Å². The number of rotatable bonds is 7. The molecule has 0 fully saturated rings. The lowest BCUT2D eigenvalue weighted by molar-refractivity contribution is 0.393. The number of aromatic nitrogens is 4. The van der Waals surface area contributed by atoms with Crippen LogP contribution in [0.5, 0.6) is 23.0 Å². The molecule has 0 N–H and O–H groups in total. The summed E-state index contributed by atoms with van der Waals surface area (Å²) >= 11 is 0. The molecule has 7 aromatic rings. The van der Waals surface area contributed by atoms with Crippen molar-refractivity contribution >= 4 is 21.8 Å². The Hall–Kier alpha value is -5.56. The van der Waals surface area contributed by atoms with Gasteiger partial charge in [-0.1, -0.05) is 45.0 Å². The minimum atomic E-state index is 0.00218. The number of nitrogens with zero attached hydrogens (tertiary/aromatic N) is 4. The second-order valence-corrected chi connectivity index (χ2v) is 12.9. The molecular formula is C40H38N4O3. The number of methoxy groups -OCH3 is 2. The van der Waals surface area contributed by atoms with E-state index in [1.54, 1.807) is 14.2 Å². The molecule has 7 rings (SSSR count). The maximum atomic E-state index is 6.49. The van der Waals surface area contributed by atoms with Crippen LogP contribution in [0.1, 0.15) is 37.5 Å². The van der Waals surface area contributed by atoms with Gasteiger partial charge in [0.25, 0.3) is 0 Å². The summed E-state index contributed by atoms with van der Waals surface area (Å²) in [4.78, 5) is 4.81. The lowest BCUT2D eigenvalue weighted by Gasteiger charge is -2.20. The van der Waals surface area contributed by atoms with Gasteiger partial charge in [-0.05, 0) is 84.5 Å². The third kappa shape index (κ3) is 5.37. The Labute approximate surface area is 275 Å². The van der Waals surface area contributed by atoms with Crippen molar-refractivity contribution in [1.29, 1.82) is 0 Å². The van der Waals surface area contributed by atoms with E-state index < -0.39 is 0 Å². The molecular weight excluding hydrogens is 584 g/mol. The van der Waals surface area contributed by atoms with Crippen LogP contribution in [0, 0.1) is 13.8 Å². The topological polar surface area (TPSA) is 63.3 Å². The first-order valence-corrected chi connectivity index (χ1v) is 15.7. The predicted octanol–water partition coefficient (Wildman–Crippen LogP) is 9.76. The fourth-order valence-electron chi connectivity index (χ4n) is 6.43. The number of para-hydroxylation sites is 1. The lowest BCUT2D eigenvalue weighted by atomic mass is 9.88. The Morgan fingerprint density at radius 2 is 1.43 bits per heavy atom. The van der Waals surface area contributed by atoms with Crippen molar-refractivity contribution in [3.8, 4) is 45.6 Å². The van der Waals surface area contributed by atoms with E-state index >= 15 is 0 Å². The number of aryl methyl sites for hydroxylation is 2. The monoisotopic (exact) mass is 622 g/mol. The van der Waals surface area contributed by atoms with Gasteiger partial charge >= 0.3 is 0 Å². The molecule has 0 unspecified atom stereocenters. The lowest BCUT2D eigenvalue weighted by Crippen LogP contribution is -2.12. The summed E-state index contributed by atoms with van der Waals surface area (Å²) in [5.41, 5.74) is 8.11. The summed E-state index contributed by atoms with van der Waals surface area (Å²) in [6.45, 7) is 10.7. The van der Waals surface area contributed by atoms with Gasteiger partial charge in [0.1, 0.15) is 28.8 Å². The third-order valence-electron chi connectivity index (χ3n) is 8.69. The number of pyridine rings is 1. The van der Waals surface area contributed by atoms with E-state index in [0.717, 1.165) is 67.4 Å². The molecule has 0 aliphatic heterocycles. The molecule has 0 aliphatic carbocycles. The standard InChI is InChI=1S/C40H38N4O3/c1-25-19-26(2)39(46-7)37(38(25)45-6)27-23-42-43(24-27)29-11-10-12-30(21-29)47-31-15-16-33-32-13-8-9-14-34(32)44(35(33)22-31)36-20-28(17-18-41-36)40(3,4)5/h8-24H,1-7H3. The number of fused-ring (bicyclic) bond motifs is 3. The van der Waals surface area contributed by atoms with Crippen molar-refractivity contribution in [1.82, 2.24) is 19.3 Å². The zero-order valence-electron chi connectivity index (χ0n) is 27.8. The van der Waals surface area contributed by atoms with E-state index in [1.165, 1.54) is 10.9 Å². The van der Waals surface area contributed by atoms with E-state index in [-0.39, 0.29) is 5.41 Å². The van der Waals surface area contributed by atoms with Crippen LogP contribution in [-0.4, -0.2) is 33.6 Å². The van der Waals surface area contributed by atoms with E-state index in [9.17, 15) is 0 Å². The zero-order chi connectivity index (χ0) is 32.9. The fourth-order valence-corrected chi connectivity index (χ4v) is 6.43. The highest BCUT2D eigenvalue weighted by Crippen LogP contribution is 2.43. The summed E-state index contributed by atoms with van der Waals surface area (Å²) in [5, 5.41) is 7.01. The van der Waals surface area contributed by atoms with E-state index in [0.29, 0.717) is 5.75 Å². The first-order valence-electron chi connectivity index (χ1n) is 15.7. The Bertz CT molecular complexity index is 2240. The Balaban J connectivity index is 1.26. The molecule has 0 bridgehead atoms. The number of benzene rings is 4. The Morgan fingerprint density at radius 3 is 2.17 bits per heavy atom. The second-order valence-electron chi connectivity index (χ2n) is 12.9. The van der Waals surface area contributed by atoms with Crippen molar-refractivity contribution in [3.63, 3.8) is 0 Å². The van der Waals surface area contributed by atoms with Crippen LogP contribution in [0.4, 0.5) is 0 Å². The van der Waals surface area contributed by atoms with Crippen molar-refractivity contribution in [2.24, 2.45) is 0 Å². The molecule has 4 aromatic carbocycles. The molecule has 0 atom stereocenters. The maximum absolute atomic E-state index is 6.49. The molecule has 0 radical (unpaired) electrons. The van der Waals surface area contributed by atoms with Crippen LogP contribution in [-0.2, 0) is 5.41 Å². The molecule has 0 saturated carbocycles. The third-order valence-corrected chi connectivity index (χ3v) is 8.69. The van der Waals surface area contributed by atoms with E-state index in [4.69, 9.17) is 24.3 Å². The molecule has 236 valence electrons. The summed E-state index contributed by atoms with van der Waals surface area (Å²) in [5.74, 6) is 3.87. The Morgan fingerprint density at radius 1 is 0.702 bits per heavy atom. The quantitative estimate of drug-likeness (QED) is 0.177. The summed E-state index contributed by atoms with van der Waals surface area (Å²) in [7, 11) is 3.37. The molecule has 0 spiro atoms. The summed E-state index contributed by atoms with van der Waals surface area (Å²) < 4.78 is 22.1. The highest BCUT2D eigenvalue weighted by atomic mass is 16.5. The van der Waals surface area contributed by atoms with Gasteiger partial charge < -0.3 is 14.2 Å². The van der Waals surface area contributed by atoms with Crippen molar-refractivity contribution in [2.45, 2.75) is 40.0 Å². The van der Waals surface area contributed by atoms with Crippen molar-refractivity contribution in [3.05, 3.63) is 120 Å². The van der Waals surface area contributed by atoms with Gasteiger partial charge in [-0.15, -0.1) is 0 Å². The molecule has 7 heteroatoms. The molecule has 3 heterocycles. The van der Waals surface area contributed by atoms with Crippen LogP contribution in [0.25, 0.3) is 44.4 Å². The van der Waals surface area contributed by atoms with Gasteiger partial charge in [-0.3, -0.25) is 4.57 Å². The largest absolute Gasteiger partial charge is 0.496 e. The van der Waals surface area contributed by atoms with Gasteiger partial charge in [0.2, 0.25) is 0 Å². The highest BCUT2D eigenvalue weighted by molar-refractivity contribution is 6.09. The number of ether oxygens (including phenoxy) is 3. The van der Waals surface area contributed by atoms with Crippen molar-refractivity contribution < 1.29 is 14.2 Å². The minimum absolute atomic E-state index is 0.00218. The fraction of sp³-hybridized carbons (Fsp3) is 0.200. The number of hydrogen-bond acceptors (Lipinski definition) is 5. The summed E-state index contributed by atoms with van der Waals surface area (Å²) in [6, 6.07) is 29.0. The van der Waals surface area contributed by atoms with Gasteiger partial charge in [0.05, 0.1) is 42.7 Å². The molecule has 7 nitrogen and oxygen atoms in total. The smallest absolute Gasteiger partial charge is 0.137 e. The molecule has 0 aliphatic rings. The Kier molecular flexibility index (Phi) is 7.47. The average molecular weight is 623 g/mol. The normalized spacial score (nSPS) is 11.7. The van der Waals surface area contributed by atoms with Gasteiger partial charge in [-0.25, -0.2) is 9.67 Å². The summed E-state index contributed by atoms with van der Waals surface area (Å²) in [6.07, 6.45) is 5.72. The van der Waals surface area contributed by atoms with Gasteiger partial charge in [0, 0.05) is 40.9 Å². The predicted molar refractivity (Wildman–Crippen MR) is 189 cm³/mol. The molecule has 47 heavy (non-hydrogen) atoms. The first-order chi connectivity index (χ1) is 22.7. The average Bonchev–Trinajstić information content (AvgIpc) is 3.67. The maximum Gasteiger partial charge on any atom is 0.137 e.